The largest absolute Gasteiger partial charge is 0.397 e. The van der Waals surface area contributed by atoms with E-state index in [1.54, 1.807) is 6.20 Å². The summed E-state index contributed by atoms with van der Waals surface area (Å²) in [7, 11) is 0. The maximum atomic E-state index is 10.6. The molecule has 0 bridgehead atoms. The Morgan fingerprint density at radius 3 is 3.00 bits per heavy atom. The quantitative estimate of drug-likeness (QED) is 0.730. The number of hydrogen-bond acceptors (Lipinski definition) is 4. The lowest BCUT2D eigenvalue weighted by Gasteiger charge is -1.97. The maximum Gasteiger partial charge on any atom is 0.186 e. The second-order valence-electron chi connectivity index (χ2n) is 3.01. The number of nitrogens with zero attached hydrogens (tertiary/aromatic N) is 1. The van der Waals surface area contributed by atoms with Crippen LogP contribution in [0.5, 0.6) is 0 Å². The molecule has 1 rings (SSSR count). The minimum atomic E-state index is 0.0748. The van der Waals surface area contributed by atoms with Crippen LogP contribution in [0.15, 0.2) is 12.3 Å². The summed E-state index contributed by atoms with van der Waals surface area (Å²) in [5, 5.41) is 0.0748. The lowest BCUT2D eigenvalue weighted by Crippen LogP contribution is -1.92. The molecule has 0 spiro atoms. The van der Waals surface area contributed by atoms with E-state index in [1.165, 1.54) is 18.7 Å². The first kappa shape index (κ1) is 11.6. The van der Waals surface area contributed by atoms with Crippen LogP contribution in [0.2, 0.25) is 0 Å². The Bertz CT molecular complexity index is 432. The SMILES string of the molecule is CC(=O)SCC#Cc1cc(C)c(N)cn1. The molecule has 0 unspecified atom stereocenters. The first-order valence-electron chi connectivity index (χ1n) is 4.44. The van der Waals surface area contributed by atoms with Gasteiger partial charge >= 0.3 is 0 Å². The van der Waals surface area contributed by atoms with Gasteiger partial charge in [0.05, 0.1) is 17.6 Å². The van der Waals surface area contributed by atoms with Gasteiger partial charge in [-0.3, -0.25) is 4.79 Å². The minimum Gasteiger partial charge on any atom is -0.397 e. The van der Waals surface area contributed by atoms with Crippen LogP contribution < -0.4 is 5.73 Å². The number of carbonyl (C=O) groups is 1. The van der Waals surface area contributed by atoms with Crippen molar-refractivity contribution in [2.24, 2.45) is 0 Å². The van der Waals surface area contributed by atoms with Gasteiger partial charge in [-0.1, -0.05) is 17.7 Å². The van der Waals surface area contributed by atoms with Crippen molar-refractivity contribution in [2.45, 2.75) is 13.8 Å². The Morgan fingerprint density at radius 2 is 2.40 bits per heavy atom. The molecule has 0 atom stereocenters. The molecule has 1 heterocycles. The smallest absolute Gasteiger partial charge is 0.186 e. The van der Waals surface area contributed by atoms with Gasteiger partial charge in [0.25, 0.3) is 0 Å². The van der Waals surface area contributed by atoms with Crippen molar-refractivity contribution in [1.29, 1.82) is 0 Å². The van der Waals surface area contributed by atoms with Crippen molar-refractivity contribution in [1.82, 2.24) is 4.98 Å². The molecule has 15 heavy (non-hydrogen) atoms. The number of aryl methyl sites for hydroxylation is 1. The minimum absolute atomic E-state index is 0.0748. The zero-order chi connectivity index (χ0) is 11.3. The topological polar surface area (TPSA) is 56.0 Å². The Labute approximate surface area is 93.5 Å². The van der Waals surface area contributed by atoms with E-state index in [1.807, 2.05) is 13.0 Å². The molecule has 0 saturated carbocycles. The molecule has 2 N–H and O–H groups in total. The molecular formula is C11H12N2OS. The van der Waals surface area contributed by atoms with Crippen molar-refractivity contribution in [3.8, 4) is 11.8 Å². The fourth-order valence-corrected chi connectivity index (χ4v) is 1.25. The maximum absolute atomic E-state index is 10.6. The zero-order valence-electron chi connectivity index (χ0n) is 8.70. The molecule has 0 amide bonds. The van der Waals surface area contributed by atoms with Crippen LogP contribution in [0, 0.1) is 18.8 Å². The van der Waals surface area contributed by atoms with Gasteiger partial charge in [-0.05, 0) is 24.5 Å². The number of thioether (sulfide) groups is 1. The van der Waals surface area contributed by atoms with Gasteiger partial charge in [0, 0.05) is 6.92 Å². The van der Waals surface area contributed by atoms with Gasteiger partial charge < -0.3 is 5.73 Å². The van der Waals surface area contributed by atoms with Crippen molar-refractivity contribution in [3.05, 3.63) is 23.5 Å². The van der Waals surface area contributed by atoms with Crippen molar-refractivity contribution < 1.29 is 4.79 Å². The van der Waals surface area contributed by atoms with Gasteiger partial charge in [-0.25, -0.2) is 4.98 Å². The van der Waals surface area contributed by atoms with Gasteiger partial charge in [0.1, 0.15) is 5.69 Å². The van der Waals surface area contributed by atoms with Gasteiger partial charge in [-0.2, -0.15) is 0 Å². The molecule has 1 aromatic rings. The van der Waals surface area contributed by atoms with Crippen LogP contribution in [0.4, 0.5) is 5.69 Å². The third-order valence-electron chi connectivity index (χ3n) is 1.72. The average molecular weight is 220 g/mol. The zero-order valence-corrected chi connectivity index (χ0v) is 9.52. The fraction of sp³-hybridized carbons (Fsp3) is 0.273. The highest BCUT2D eigenvalue weighted by molar-refractivity contribution is 8.13. The summed E-state index contributed by atoms with van der Waals surface area (Å²) in [6.45, 7) is 3.43. The molecule has 1 aromatic heterocycles. The number of hydrogen-bond donors (Lipinski definition) is 1. The van der Waals surface area contributed by atoms with Crippen LogP contribution in [0.25, 0.3) is 0 Å². The van der Waals surface area contributed by atoms with E-state index in [0.717, 1.165) is 5.56 Å². The Hall–Kier alpha value is -1.47. The fourth-order valence-electron chi connectivity index (χ4n) is 0.899. The lowest BCUT2D eigenvalue weighted by molar-refractivity contribution is -0.109. The van der Waals surface area contributed by atoms with E-state index in [2.05, 4.69) is 16.8 Å². The number of nitrogen functional groups attached to an aromatic ring is 1. The summed E-state index contributed by atoms with van der Waals surface area (Å²) in [6.07, 6.45) is 1.59. The monoisotopic (exact) mass is 220 g/mol. The summed E-state index contributed by atoms with van der Waals surface area (Å²) in [5.74, 6) is 6.25. The standard InChI is InChI=1S/C11H12N2OS/c1-8-6-10(13-7-11(8)12)4-3-5-15-9(2)14/h6-7H,5,12H2,1-2H3. The van der Waals surface area contributed by atoms with Crippen LogP contribution in [-0.2, 0) is 4.79 Å². The summed E-state index contributed by atoms with van der Waals surface area (Å²) >= 11 is 1.19. The van der Waals surface area contributed by atoms with Crippen LogP contribution in [-0.4, -0.2) is 15.9 Å². The molecule has 3 nitrogen and oxygen atoms in total. The second kappa shape index (κ2) is 5.42. The number of rotatable bonds is 1. The molecule has 0 aromatic carbocycles. The second-order valence-corrected chi connectivity index (χ2v) is 4.16. The highest BCUT2D eigenvalue weighted by atomic mass is 32.2. The number of anilines is 1. The molecule has 0 aliphatic rings. The number of nitrogens with two attached hydrogens (primary N) is 1. The van der Waals surface area contributed by atoms with Crippen LogP contribution >= 0.6 is 11.8 Å². The summed E-state index contributed by atoms with van der Waals surface area (Å²) < 4.78 is 0. The Kier molecular flexibility index (Phi) is 4.19. The van der Waals surface area contributed by atoms with E-state index in [0.29, 0.717) is 17.1 Å². The van der Waals surface area contributed by atoms with Gasteiger partial charge in [-0.15, -0.1) is 0 Å². The first-order chi connectivity index (χ1) is 7.09. The van der Waals surface area contributed by atoms with E-state index in [-0.39, 0.29) is 5.12 Å². The molecular weight excluding hydrogens is 208 g/mol. The highest BCUT2D eigenvalue weighted by Gasteiger charge is 1.94. The van der Waals surface area contributed by atoms with Crippen molar-refractivity contribution >= 4 is 22.6 Å². The third-order valence-corrected chi connectivity index (χ3v) is 2.41. The van der Waals surface area contributed by atoms with E-state index >= 15 is 0 Å². The first-order valence-corrected chi connectivity index (χ1v) is 5.42. The van der Waals surface area contributed by atoms with Crippen molar-refractivity contribution in [3.63, 3.8) is 0 Å². The average Bonchev–Trinajstić information content (AvgIpc) is 2.18. The summed E-state index contributed by atoms with van der Waals surface area (Å²) in [5.41, 5.74) is 7.94. The molecule has 0 saturated heterocycles. The van der Waals surface area contributed by atoms with Gasteiger partial charge in [0.15, 0.2) is 5.12 Å². The lowest BCUT2D eigenvalue weighted by atomic mass is 10.2. The van der Waals surface area contributed by atoms with E-state index < -0.39 is 0 Å². The molecule has 0 aliphatic carbocycles. The van der Waals surface area contributed by atoms with Crippen molar-refractivity contribution in [2.75, 3.05) is 11.5 Å². The summed E-state index contributed by atoms with van der Waals surface area (Å²) in [4.78, 5) is 14.7. The Morgan fingerprint density at radius 1 is 1.67 bits per heavy atom. The number of carbonyl (C=O) groups excluding carboxylic acids is 1. The summed E-state index contributed by atoms with van der Waals surface area (Å²) in [6, 6.07) is 1.83. The highest BCUT2D eigenvalue weighted by Crippen LogP contribution is 2.08. The molecule has 4 heteroatoms. The number of pyridine rings is 1. The predicted molar refractivity (Wildman–Crippen MR) is 63.4 cm³/mol. The normalized spacial score (nSPS) is 9.20. The van der Waals surface area contributed by atoms with E-state index in [9.17, 15) is 4.79 Å². The molecule has 78 valence electrons. The Balaban J connectivity index is 2.64. The molecule has 0 radical (unpaired) electrons. The van der Waals surface area contributed by atoms with E-state index in [4.69, 9.17) is 5.73 Å². The molecule has 0 aliphatic heterocycles. The van der Waals surface area contributed by atoms with Crippen LogP contribution in [0.3, 0.4) is 0 Å². The van der Waals surface area contributed by atoms with Crippen LogP contribution in [0.1, 0.15) is 18.2 Å². The third kappa shape index (κ3) is 4.05. The molecule has 0 fully saturated rings. The van der Waals surface area contributed by atoms with Gasteiger partial charge in [0.2, 0.25) is 0 Å². The predicted octanol–water partition coefficient (Wildman–Crippen LogP) is 1.60. The number of aromatic nitrogens is 1.